The number of hydrogen-bond acceptors (Lipinski definition) is 4. The van der Waals surface area contributed by atoms with Crippen molar-refractivity contribution in [3.63, 3.8) is 0 Å². The molecule has 4 rings (SSSR count). The monoisotopic (exact) mass is 584 g/mol. The Balaban J connectivity index is 1.42. The third kappa shape index (κ3) is 5.87. The zero-order valence-electron chi connectivity index (χ0n) is 18.4. The van der Waals surface area contributed by atoms with E-state index in [9.17, 15) is 4.79 Å². The van der Waals surface area contributed by atoms with E-state index in [0.29, 0.717) is 23.1 Å². The molecule has 1 N–H and O–H groups in total. The second-order valence-corrected chi connectivity index (χ2v) is 9.09. The Morgan fingerprint density at radius 2 is 1.76 bits per heavy atom. The zero-order valence-corrected chi connectivity index (χ0v) is 21.3. The maximum Gasteiger partial charge on any atom is 0.244 e. The van der Waals surface area contributed by atoms with Gasteiger partial charge in [-0.15, -0.1) is 0 Å². The number of halogens is 2. The van der Waals surface area contributed by atoms with Crippen LogP contribution in [0, 0.1) is 3.57 Å². The summed E-state index contributed by atoms with van der Waals surface area (Å²) in [4.78, 5) is 12.5. The number of carbonyl (C=O) groups excluding carboxylic acids is 1. The van der Waals surface area contributed by atoms with Crippen LogP contribution in [-0.4, -0.2) is 19.2 Å². The molecule has 0 aliphatic heterocycles. The van der Waals surface area contributed by atoms with Gasteiger partial charge in [-0.3, -0.25) is 4.79 Å². The van der Waals surface area contributed by atoms with Crippen molar-refractivity contribution in [3.05, 3.63) is 104 Å². The molecule has 5 nitrogen and oxygen atoms in total. The number of fused-ring (bicyclic) bond motifs is 1. The predicted molar refractivity (Wildman–Crippen MR) is 145 cm³/mol. The summed E-state index contributed by atoms with van der Waals surface area (Å²) in [5.41, 5.74) is 5.24. The number of hydrazone groups is 1. The number of rotatable bonds is 8. The van der Waals surface area contributed by atoms with Crippen molar-refractivity contribution < 1.29 is 14.3 Å². The minimum Gasteiger partial charge on any atom is -0.493 e. The first-order valence-electron chi connectivity index (χ1n) is 10.6. The summed E-state index contributed by atoms with van der Waals surface area (Å²) in [7, 11) is 1.58. The lowest BCUT2D eigenvalue weighted by Gasteiger charge is -2.14. The van der Waals surface area contributed by atoms with E-state index in [0.717, 1.165) is 31.0 Å². The van der Waals surface area contributed by atoms with Gasteiger partial charge in [0.15, 0.2) is 11.5 Å². The van der Waals surface area contributed by atoms with Crippen LogP contribution in [0.15, 0.2) is 84.0 Å². The van der Waals surface area contributed by atoms with Crippen LogP contribution >= 0.6 is 34.2 Å². The molecule has 4 aromatic rings. The van der Waals surface area contributed by atoms with E-state index in [1.807, 2.05) is 78.9 Å². The zero-order chi connectivity index (χ0) is 23.9. The molecular weight excluding hydrogens is 563 g/mol. The Morgan fingerprint density at radius 3 is 2.59 bits per heavy atom. The summed E-state index contributed by atoms with van der Waals surface area (Å²) in [6.07, 6.45) is 1.83. The average molecular weight is 585 g/mol. The summed E-state index contributed by atoms with van der Waals surface area (Å²) in [6, 6.07) is 25.2. The van der Waals surface area contributed by atoms with Crippen LogP contribution in [-0.2, 0) is 17.8 Å². The highest BCUT2D eigenvalue weighted by molar-refractivity contribution is 14.1. The fraction of sp³-hybridized carbons (Fsp3) is 0.111. The molecule has 0 aromatic heterocycles. The third-order valence-electron chi connectivity index (χ3n) is 5.22. The highest BCUT2D eigenvalue weighted by atomic mass is 127. The molecule has 0 fully saturated rings. The quantitative estimate of drug-likeness (QED) is 0.149. The van der Waals surface area contributed by atoms with E-state index in [2.05, 4.69) is 33.1 Å². The number of ether oxygens (including phenoxy) is 2. The molecule has 0 heterocycles. The lowest BCUT2D eigenvalue weighted by molar-refractivity contribution is -0.120. The van der Waals surface area contributed by atoms with Gasteiger partial charge in [0.2, 0.25) is 5.91 Å². The van der Waals surface area contributed by atoms with Crippen molar-refractivity contribution in [3.8, 4) is 11.5 Å². The van der Waals surface area contributed by atoms with Crippen LogP contribution in [0.4, 0.5) is 0 Å². The Bertz CT molecular complexity index is 1350. The van der Waals surface area contributed by atoms with Crippen molar-refractivity contribution in [2.75, 3.05) is 7.11 Å². The molecule has 7 heteroatoms. The average Bonchev–Trinajstić information content (AvgIpc) is 2.84. The van der Waals surface area contributed by atoms with E-state index in [1.165, 1.54) is 0 Å². The van der Waals surface area contributed by atoms with Gasteiger partial charge in [0.25, 0.3) is 0 Å². The molecule has 0 spiro atoms. The van der Waals surface area contributed by atoms with Crippen LogP contribution in [0.25, 0.3) is 10.8 Å². The van der Waals surface area contributed by atoms with Gasteiger partial charge >= 0.3 is 0 Å². The number of benzene rings is 4. The summed E-state index contributed by atoms with van der Waals surface area (Å²) in [5, 5.41) is 6.95. The maximum atomic E-state index is 12.5. The lowest BCUT2D eigenvalue weighted by Crippen LogP contribution is -2.19. The number of nitrogens with one attached hydrogen (secondary N) is 1. The Kier molecular flexibility index (Phi) is 8.03. The number of carbonyl (C=O) groups is 1. The molecule has 0 unspecified atom stereocenters. The van der Waals surface area contributed by atoms with Crippen LogP contribution in [0.5, 0.6) is 11.5 Å². The summed E-state index contributed by atoms with van der Waals surface area (Å²) < 4.78 is 12.4. The molecule has 0 saturated heterocycles. The van der Waals surface area contributed by atoms with E-state index in [-0.39, 0.29) is 12.3 Å². The Labute approximate surface area is 216 Å². The first kappa shape index (κ1) is 24.0. The van der Waals surface area contributed by atoms with Crippen molar-refractivity contribution in [1.29, 1.82) is 0 Å². The predicted octanol–water partition coefficient (Wildman–Crippen LogP) is 6.38. The van der Waals surface area contributed by atoms with Gasteiger partial charge in [-0.2, -0.15) is 5.10 Å². The van der Waals surface area contributed by atoms with Gasteiger partial charge in [-0.1, -0.05) is 72.3 Å². The number of amides is 1. The smallest absolute Gasteiger partial charge is 0.244 e. The molecular formula is C27H22ClIN2O3. The standard InChI is InChI=1S/C27H22ClIN2O3/c1-33-25-14-18(13-24(29)27(25)34-17-21-8-3-5-12-23(21)28)16-30-31-26(32)15-20-10-6-9-19-7-2-4-11-22(19)20/h2-14,16H,15,17H2,1H3,(H,31,32). The van der Waals surface area contributed by atoms with Crippen LogP contribution in [0.3, 0.4) is 0 Å². The summed E-state index contributed by atoms with van der Waals surface area (Å²) >= 11 is 8.41. The normalized spacial score (nSPS) is 11.0. The first-order valence-corrected chi connectivity index (χ1v) is 12.0. The van der Waals surface area contributed by atoms with Crippen molar-refractivity contribution in [2.45, 2.75) is 13.0 Å². The number of hydrogen-bond donors (Lipinski definition) is 1. The number of methoxy groups -OCH3 is 1. The highest BCUT2D eigenvalue weighted by Crippen LogP contribution is 2.34. The maximum absolute atomic E-state index is 12.5. The van der Waals surface area contributed by atoms with Gasteiger partial charge in [0.1, 0.15) is 6.61 Å². The minimum absolute atomic E-state index is 0.186. The van der Waals surface area contributed by atoms with Crippen LogP contribution in [0.1, 0.15) is 16.7 Å². The van der Waals surface area contributed by atoms with Crippen LogP contribution < -0.4 is 14.9 Å². The summed E-state index contributed by atoms with van der Waals surface area (Å²) in [5.74, 6) is 1.01. The highest BCUT2D eigenvalue weighted by Gasteiger charge is 2.12. The SMILES string of the molecule is COc1cc(C=NNC(=O)Cc2cccc3ccccc23)cc(I)c1OCc1ccccc1Cl. The molecule has 4 aromatic carbocycles. The van der Waals surface area contributed by atoms with E-state index < -0.39 is 0 Å². The summed E-state index contributed by atoms with van der Waals surface area (Å²) in [6.45, 7) is 0.323. The molecule has 0 aliphatic rings. The molecule has 0 saturated carbocycles. The second-order valence-electron chi connectivity index (χ2n) is 7.52. The topological polar surface area (TPSA) is 59.9 Å². The van der Waals surface area contributed by atoms with Gasteiger partial charge in [-0.25, -0.2) is 5.43 Å². The second kappa shape index (κ2) is 11.4. The Morgan fingerprint density at radius 1 is 1.03 bits per heavy atom. The third-order valence-corrected chi connectivity index (χ3v) is 6.39. The van der Waals surface area contributed by atoms with Crippen LogP contribution in [0.2, 0.25) is 5.02 Å². The molecule has 0 bridgehead atoms. The fourth-order valence-electron chi connectivity index (χ4n) is 3.56. The van der Waals surface area contributed by atoms with Crippen molar-refractivity contribution in [2.24, 2.45) is 5.10 Å². The molecule has 0 radical (unpaired) electrons. The molecule has 0 atom stereocenters. The van der Waals surface area contributed by atoms with Gasteiger partial charge in [0, 0.05) is 10.6 Å². The van der Waals surface area contributed by atoms with Crippen molar-refractivity contribution in [1.82, 2.24) is 5.43 Å². The Hall–Kier alpha value is -3.10. The van der Waals surface area contributed by atoms with Gasteiger partial charge < -0.3 is 9.47 Å². The fourth-order valence-corrected chi connectivity index (χ4v) is 4.53. The van der Waals surface area contributed by atoms with Gasteiger partial charge in [-0.05, 0) is 62.7 Å². The molecule has 0 aliphatic carbocycles. The molecule has 172 valence electrons. The molecule has 34 heavy (non-hydrogen) atoms. The van der Waals surface area contributed by atoms with E-state index in [1.54, 1.807) is 13.3 Å². The van der Waals surface area contributed by atoms with E-state index >= 15 is 0 Å². The van der Waals surface area contributed by atoms with Crippen molar-refractivity contribution >= 4 is 57.1 Å². The van der Waals surface area contributed by atoms with Gasteiger partial charge in [0.05, 0.1) is 23.3 Å². The largest absolute Gasteiger partial charge is 0.493 e. The van der Waals surface area contributed by atoms with E-state index in [4.69, 9.17) is 21.1 Å². The molecule has 1 amide bonds. The lowest BCUT2D eigenvalue weighted by atomic mass is 10.0. The number of nitrogens with zero attached hydrogens (tertiary/aromatic N) is 1. The minimum atomic E-state index is -0.186. The first-order chi connectivity index (χ1) is 16.5.